The van der Waals surface area contributed by atoms with Gasteiger partial charge in [-0.15, -0.1) is 0 Å². The fourth-order valence-electron chi connectivity index (χ4n) is 1.01. The molecule has 1 aromatic carbocycles. The van der Waals surface area contributed by atoms with E-state index in [4.69, 9.17) is 0 Å². The van der Waals surface area contributed by atoms with Crippen LogP contribution in [0.4, 0.5) is 0 Å². The van der Waals surface area contributed by atoms with Crippen molar-refractivity contribution in [1.29, 1.82) is 0 Å². The molecule has 1 rings (SSSR count). The molecule has 0 heterocycles. The maximum Gasteiger partial charge on any atom is 0.326 e. The average molecular weight is 556 g/mol. The molecule has 16 heavy (non-hydrogen) atoms. The molecule has 1 atom stereocenters. The number of ketones is 1. The quantitative estimate of drug-likeness (QED) is 0.189. The molecule has 0 saturated heterocycles. The van der Waals surface area contributed by atoms with Gasteiger partial charge in [0.1, 0.15) is 0 Å². The highest BCUT2D eigenvalue weighted by Gasteiger charge is 2.25. The summed E-state index contributed by atoms with van der Waals surface area (Å²) in [6.07, 6.45) is 0. The lowest BCUT2D eigenvalue weighted by Gasteiger charge is -2.07. The highest BCUT2D eigenvalue weighted by Crippen LogP contribution is 2.19. The molecule has 0 fully saturated rings. The fourth-order valence-corrected chi connectivity index (χ4v) is 2.47. The minimum Gasteiger partial charge on any atom is -0.468 e. The number of ether oxygens (including phenoxy) is 1. The second-order valence-electron chi connectivity index (χ2n) is 2.88. The number of carbonyl (C=O) groups is 2. The van der Waals surface area contributed by atoms with Crippen molar-refractivity contribution in [2.45, 2.75) is 3.92 Å². The third kappa shape index (κ3) is 3.52. The number of hydrogen-bond acceptors (Lipinski definition) is 3. The largest absolute Gasteiger partial charge is 0.468 e. The zero-order chi connectivity index (χ0) is 12.3. The molecule has 0 N–H and O–H groups in total. The Labute approximate surface area is 134 Å². The first kappa shape index (κ1) is 14.6. The smallest absolute Gasteiger partial charge is 0.326 e. The van der Waals surface area contributed by atoms with Crippen LogP contribution in [0.25, 0.3) is 0 Å². The molecule has 0 aliphatic rings. The predicted octanol–water partition coefficient (Wildman–Crippen LogP) is 3.06. The van der Waals surface area contributed by atoms with Gasteiger partial charge in [0.25, 0.3) is 0 Å². The SMILES string of the molecule is COC(=O)C(I)C(=O)c1ccc(I)c(I)c1. The number of halogens is 3. The second-order valence-corrected chi connectivity index (χ2v) is 6.45. The average Bonchev–Trinajstić information content (AvgIpc) is 2.29. The van der Waals surface area contributed by atoms with Gasteiger partial charge in [-0.05, 0) is 57.3 Å². The van der Waals surface area contributed by atoms with Crippen molar-refractivity contribution in [3.8, 4) is 0 Å². The van der Waals surface area contributed by atoms with Crippen molar-refractivity contribution in [3.05, 3.63) is 30.9 Å². The van der Waals surface area contributed by atoms with Crippen molar-refractivity contribution < 1.29 is 14.3 Å². The third-order valence-corrected chi connectivity index (χ3v) is 5.78. The molecule has 0 radical (unpaired) electrons. The standard InChI is InChI=1S/C10H7I3O3/c1-16-10(15)8(13)9(14)5-2-3-6(11)7(12)4-5/h2-4,8H,1H3. The lowest BCUT2D eigenvalue weighted by atomic mass is 10.1. The van der Waals surface area contributed by atoms with Gasteiger partial charge in [-0.3, -0.25) is 9.59 Å². The van der Waals surface area contributed by atoms with Gasteiger partial charge < -0.3 is 4.74 Å². The number of methoxy groups -OCH3 is 1. The monoisotopic (exact) mass is 556 g/mol. The van der Waals surface area contributed by atoms with E-state index in [9.17, 15) is 9.59 Å². The Morgan fingerprint density at radius 1 is 1.25 bits per heavy atom. The topological polar surface area (TPSA) is 43.4 Å². The van der Waals surface area contributed by atoms with Gasteiger partial charge in [-0.2, -0.15) is 0 Å². The molecule has 6 heteroatoms. The highest BCUT2D eigenvalue weighted by molar-refractivity contribution is 14.1. The van der Waals surface area contributed by atoms with Crippen LogP contribution >= 0.6 is 67.8 Å². The maximum atomic E-state index is 11.9. The van der Waals surface area contributed by atoms with Crippen LogP contribution in [0.1, 0.15) is 10.4 Å². The van der Waals surface area contributed by atoms with E-state index < -0.39 is 9.89 Å². The first-order chi connectivity index (χ1) is 7.47. The number of carbonyl (C=O) groups excluding carboxylic acids is 2. The van der Waals surface area contributed by atoms with E-state index in [1.807, 2.05) is 6.07 Å². The molecule has 0 bridgehead atoms. The summed E-state index contributed by atoms with van der Waals surface area (Å²) in [5, 5.41) is 0. The zero-order valence-corrected chi connectivity index (χ0v) is 14.6. The second kappa shape index (κ2) is 6.47. The lowest BCUT2D eigenvalue weighted by molar-refractivity contribution is -0.138. The predicted molar refractivity (Wildman–Crippen MR) is 86.0 cm³/mol. The van der Waals surface area contributed by atoms with Crippen LogP contribution in [0.15, 0.2) is 18.2 Å². The summed E-state index contributed by atoms with van der Waals surface area (Å²) in [5.41, 5.74) is 0.537. The summed E-state index contributed by atoms with van der Waals surface area (Å²) < 4.78 is 5.84. The molecule has 86 valence electrons. The van der Waals surface area contributed by atoms with E-state index in [0.29, 0.717) is 5.56 Å². The molecule has 0 aliphatic carbocycles. The van der Waals surface area contributed by atoms with Crippen molar-refractivity contribution in [1.82, 2.24) is 0 Å². The van der Waals surface area contributed by atoms with E-state index in [2.05, 4.69) is 49.9 Å². The molecule has 1 unspecified atom stereocenters. The maximum absolute atomic E-state index is 11.9. The Morgan fingerprint density at radius 3 is 2.38 bits per heavy atom. The Kier molecular flexibility index (Phi) is 5.91. The number of hydrogen-bond donors (Lipinski definition) is 0. The zero-order valence-electron chi connectivity index (χ0n) is 8.17. The summed E-state index contributed by atoms with van der Waals surface area (Å²) in [5.74, 6) is -0.735. The molecule has 3 nitrogen and oxygen atoms in total. The van der Waals surface area contributed by atoms with E-state index >= 15 is 0 Å². The Bertz CT molecular complexity index is 431. The van der Waals surface area contributed by atoms with Crippen molar-refractivity contribution >= 4 is 79.5 Å². The molecular formula is C10H7I3O3. The van der Waals surface area contributed by atoms with Gasteiger partial charge in [0.05, 0.1) is 7.11 Å². The van der Waals surface area contributed by atoms with Crippen LogP contribution in [0, 0.1) is 7.14 Å². The molecule has 0 spiro atoms. The number of Topliss-reactive ketones (excluding diaryl/α,β-unsaturated/α-hetero) is 1. The van der Waals surface area contributed by atoms with Crippen LogP contribution in [0.5, 0.6) is 0 Å². The molecule has 0 aliphatic heterocycles. The van der Waals surface area contributed by atoms with Crippen LogP contribution < -0.4 is 0 Å². The summed E-state index contributed by atoms with van der Waals surface area (Å²) in [6, 6.07) is 5.36. The van der Waals surface area contributed by atoms with Crippen molar-refractivity contribution in [2.24, 2.45) is 0 Å². The Balaban J connectivity index is 2.97. The Hall–Kier alpha value is 0.550. The van der Waals surface area contributed by atoms with Gasteiger partial charge in [0, 0.05) is 12.7 Å². The molecular weight excluding hydrogens is 549 g/mol. The summed E-state index contributed by atoms with van der Waals surface area (Å²) in [6.45, 7) is 0. The molecule has 1 aromatic rings. The van der Waals surface area contributed by atoms with Crippen LogP contribution in [0.3, 0.4) is 0 Å². The van der Waals surface area contributed by atoms with Gasteiger partial charge in [-0.25, -0.2) is 0 Å². The fraction of sp³-hybridized carbons (Fsp3) is 0.200. The minimum atomic E-state index is -0.779. The number of alkyl halides is 1. The summed E-state index contributed by atoms with van der Waals surface area (Å²) >= 11 is 6.13. The first-order valence-electron chi connectivity index (χ1n) is 4.18. The third-order valence-electron chi connectivity index (χ3n) is 1.84. The lowest BCUT2D eigenvalue weighted by Crippen LogP contribution is -2.25. The van der Waals surface area contributed by atoms with Crippen LogP contribution in [-0.2, 0) is 9.53 Å². The molecule has 0 aromatic heterocycles. The highest BCUT2D eigenvalue weighted by atomic mass is 127. The van der Waals surface area contributed by atoms with Gasteiger partial charge >= 0.3 is 5.97 Å². The summed E-state index contributed by atoms with van der Waals surface area (Å²) in [4.78, 5) is 23.1. The molecule has 0 amide bonds. The normalized spacial score (nSPS) is 12.0. The van der Waals surface area contributed by atoms with Gasteiger partial charge in [0.15, 0.2) is 9.71 Å². The van der Waals surface area contributed by atoms with E-state index in [1.54, 1.807) is 34.7 Å². The van der Waals surface area contributed by atoms with E-state index in [0.717, 1.165) is 7.14 Å². The van der Waals surface area contributed by atoms with E-state index in [-0.39, 0.29) is 5.78 Å². The van der Waals surface area contributed by atoms with Gasteiger partial charge in [0.2, 0.25) is 0 Å². The summed E-state index contributed by atoms with van der Waals surface area (Å²) in [7, 11) is 1.28. The van der Waals surface area contributed by atoms with Gasteiger partial charge in [-0.1, -0.05) is 28.7 Å². The molecule has 0 saturated carbocycles. The number of rotatable bonds is 3. The van der Waals surface area contributed by atoms with Crippen molar-refractivity contribution in [2.75, 3.05) is 7.11 Å². The number of benzene rings is 1. The van der Waals surface area contributed by atoms with E-state index in [1.165, 1.54) is 7.11 Å². The van der Waals surface area contributed by atoms with Crippen molar-refractivity contribution in [3.63, 3.8) is 0 Å². The first-order valence-corrected chi connectivity index (χ1v) is 7.59. The minimum absolute atomic E-state index is 0.221. The van der Waals surface area contributed by atoms with Crippen LogP contribution in [-0.4, -0.2) is 22.8 Å². The van der Waals surface area contributed by atoms with Crippen LogP contribution in [0.2, 0.25) is 0 Å². The Morgan fingerprint density at radius 2 is 1.88 bits per heavy atom. The number of esters is 1.